The van der Waals surface area contributed by atoms with Crippen LogP contribution < -0.4 is 10.0 Å². The molecule has 6 nitrogen and oxygen atoms in total. The number of nitrogens with one attached hydrogen (secondary N) is 2. The standard InChI is InChI=1S/C13H16N2O4S/c16-20(17,15-9-11-2-1-7-18-11)13-6-5-12(19-13)8-14-10-3-4-10/h1-2,5-7,10,14-15H,3-4,8-9H2. The van der Waals surface area contributed by atoms with Crippen LogP contribution in [0, 0.1) is 0 Å². The van der Waals surface area contributed by atoms with Gasteiger partial charge in [-0.3, -0.25) is 0 Å². The van der Waals surface area contributed by atoms with Crippen molar-refractivity contribution in [3.05, 3.63) is 42.0 Å². The van der Waals surface area contributed by atoms with Crippen LogP contribution in [0.3, 0.4) is 0 Å². The Kier molecular flexibility index (Phi) is 3.64. The van der Waals surface area contributed by atoms with E-state index in [1.807, 2.05) is 0 Å². The summed E-state index contributed by atoms with van der Waals surface area (Å²) in [6, 6.07) is 7.11. The van der Waals surface area contributed by atoms with Gasteiger partial charge in [-0.25, -0.2) is 13.1 Å². The number of hydrogen-bond donors (Lipinski definition) is 2. The van der Waals surface area contributed by atoms with Crippen molar-refractivity contribution in [2.75, 3.05) is 0 Å². The Labute approximate surface area is 117 Å². The molecule has 1 saturated carbocycles. The molecule has 2 aromatic heterocycles. The van der Waals surface area contributed by atoms with Crippen LogP contribution in [0.15, 0.2) is 44.5 Å². The lowest BCUT2D eigenvalue weighted by atomic mass is 10.4. The summed E-state index contributed by atoms with van der Waals surface area (Å²) in [5.74, 6) is 1.17. The molecule has 7 heteroatoms. The van der Waals surface area contributed by atoms with Crippen LogP contribution in [-0.2, 0) is 23.1 Å². The summed E-state index contributed by atoms with van der Waals surface area (Å²) >= 11 is 0. The van der Waals surface area contributed by atoms with E-state index in [1.165, 1.54) is 25.2 Å². The summed E-state index contributed by atoms with van der Waals surface area (Å²) < 4.78 is 36.9. The fraction of sp³-hybridized carbons (Fsp3) is 0.385. The van der Waals surface area contributed by atoms with Crippen LogP contribution in [0.2, 0.25) is 0 Å². The molecular weight excluding hydrogens is 280 g/mol. The quantitative estimate of drug-likeness (QED) is 0.810. The van der Waals surface area contributed by atoms with Crippen molar-refractivity contribution >= 4 is 10.0 Å². The highest BCUT2D eigenvalue weighted by atomic mass is 32.2. The zero-order valence-corrected chi connectivity index (χ0v) is 11.7. The summed E-state index contributed by atoms with van der Waals surface area (Å²) in [5, 5.41) is 3.20. The van der Waals surface area contributed by atoms with Gasteiger partial charge in [-0.2, -0.15) is 0 Å². The fourth-order valence-electron chi connectivity index (χ4n) is 1.78. The van der Waals surface area contributed by atoms with Gasteiger partial charge < -0.3 is 14.2 Å². The molecule has 1 aliphatic rings. The Morgan fingerprint density at radius 1 is 1.15 bits per heavy atom. The normalized spacial score (nSPS) is 15.6. The maximum absolute atomic E-state index is 12.0. The molecule has 108 valence electrons. The van der Waals surface area contributed by atoms with Crippen molar-refractivity contribution in [3.8, 4) is 0 Å². The lowest BCUT2D eigenvalue weighted by Crippen LogP contribution is -2.22. The number of sulfonamides is 1. The van der Waals surface area contributed by atoms with Gasteiger partial charge in [0.2, 0.25) is 5.09 Å². The van der Waals surface area contributed by atoms with Crippen molar-refractivity contribution in [2.45, 2.75) is 37.1 Å². The largest absolute Gasteiger partial charge is 0.468 e. The molecule has 0 aromatic carbocycles. The van der Waals surface area contributed by atoms with Gasteiger partial charge in [-0.05, 0) is 37.1 Å². The molecule has 0 unspecified atom stereocenters. The van der Waals surface area contributed by atoms with Gasteiger partial charge >= 0.3 is 0 Å². The third kappa shape index (κ3) is 3.30. The van der Waals surface area contributed by atoms with Crippen LogP contribution in [0.25, 0.3) is 0 Å². The third-order valence-electron chi connectivity index (χ3n) is 3.06. The van der Waals surface area contributed by atoms with Gasteiger partial charge in [-0.15, -0.1) is 0 Å². The number of rotatable bonds is 7. The molecular formula is C13H16N2O4S. The lowest BCUT2D eigenvalue weighted by Gasteiger charge is -2.02. The Morgan fingerprint density at radius 3 is 2.70 bits per heavy atom. The van der Waals surface area contributed by atoms with E-state index in [-0.39, 0.29) is 11.6 Å². The van der Waals surface area contributed by atoms with Crippen molar-refractivity contribution in [2.24, 2.45) is 0 Å². The topological polar surface area (TPSA) is 84.5 Å². The van der Waals surface area contributed by atoms with E-state index in [0.29, 0.717) is 24.1 Å². The first-order valence-electron chi connectivity index (χ1n) is 6.48. The zero-order valence-electron chi connectivity index (χ0n) is 10.8. The van der Waals surface area contributed by atoms with Gasteiger partial charge in [0, 0.05) is 6.04 Å². The Hall–Kier alpha value is -1.57. The van der Waals surface area contributed by atoms with Crippen LogP contribution in [0.1, 0.15) is 24.4 Å². The molecule has 0 spiro atoms. The van der Waals surface area contributed by atoms with E-state index in [2.05, 4.69) is 10.0 Å². The summed E-state index contributed by atoms with van der Waals surface area (Å²) in [6.45, 7) is 0.657. The molecule has 1 aliphatic carbocycles. The van der Waals surface area contributed by atoms with Crippen LogP contribution >= 0.6 is 0 Å². The first-order chi connectivity index (χ1) is 9.63. The fourth-order valence-corrected chi connectivity index (χ4v) is 2.72. The third-order valence-corrected chi connectivity index (χ3v) is 4.33. The maximum Gasteiger partial charge on any atom is 0.274 e. The molecule has 3 rings (SSSR count). The van der Waals surface area contributed by atoms with Gasteiger partial charge in [0.25, 0.3) is 10.0 Å². The monoisotopic (exact) mass is 296 g/mol. The van der Waals surface area contributed by atoms with E-state index < -0.39 is 10.0 Å². The van der Waals surface area contributed by atoms with Crippen molar-refractivity contribution in [1.29, 1.82) is 0 Å². The molecule has 0 saturated heterocycles. The minimum absolute atomic E-state index is 0.0725. The molecule has 2 N–H and O–H groups in total. The van der Waals surface area contributed by atoms with E-state index >= 15 is 0 Å². The highest BCUT2D eigenvalue weighted by molar-refractivity contribution is 7.89. The van der Waals surface area contributed by atoms with E-state index in [1.54, 1.807) is 18.2 Å². The lowest BCUT2D eigenvalue weighted by molar-refractivity contribution is 0.398. The Balaban J connectivity index is 1.61. The van der Waals surface area contributed by atoms with Crippen molar-refractivity contribution in [3.63, 3.8) is 0 Å². The van der Waals surface area contributed by atoms with Crippen molar-refractivity contribution in [1.82, 2.24) is 10.0 Å². The second kappa shape index (κ2) is 5.43. The molecule has 20 heavy (non-hydrogen) atoms. The molecule has 0 amide bonds. The molecule has 0 aliphatic heterocycles. The van der Waals surface area contributed by atoms with Gasteiger partial charge in [0.15, 0.2) is 0 Å². The second-order valence-corrected chi connectivity index (χ2v) is 6.48. The molecule has 2 heterocycles. The second-order valence-electron chi connectivity index (χ2n) is 4.78. The molecule has 1 fully saturated rings. The van der Waals surface area contributed by atoms with Gasteiger partial charge in [0.05, 0.1) is 19.4 Å². The predicted molar refractivity (Wildman–Crippen MR) is 71.3 cm³/mol. The SMILES string of the molecule is O=S(=O)(NCc1ccco1)c1ccc(CNC2CC2)o1. The van der Waals surface area contributed by atoms with Crippen LogP contribution in [0.5, 0.6) is 0 Å². The molecule has 0 bridgehead atoms. The minimum Gasteiger partial charge on any atom is -0.468 e. The van der Waals surface area contributed by atoms with E-state index in [4.69, 9.17) is 8.83 Å². The average molecular weight is 296 g/mol. The first kappa shape index (κ1) is 13.4. The van der Waals surface area contributed by atoms with Crippen molar-refractivity contribution < 1.29 is 17.3 Å². The molecule has 2 aromatic rings. The number of furan rings is 2. The smallest absolute Gasteiger partial charge is 0.274 e. The predicted octanol–water partition coefficient (Wildman–Crippen LogP) is 1.60. The summed E-state index contributed by atoms with van der Waals surface area (Å²) in [6.07, 6.45) is 3.85. The highest BCUT2D eigenvalue weighted by Gasteiger charge is 2.22. The summed E-state index contributed by atoms with van der Waals surface area (Å²) in [5.41, 5.74) is 0. The van der Waals surface area contributed by atoms with Crippen LogP contribution in [-0.4, -0.2) is 14.5 Å². The van der Waals surface area contributed by atoms with Gasteiger partial charge in [-0.1, -0.05) is 0 Å². The summed E-state index contributed by atoms with van der Waals surface area (Å²) in [7, 11) is -3.64. The minimum atomic E-state index is -3.64. The zero-order chi connectivity index (χ0) is 14.0. The first-order valence-corrected chi connectivity index (χ1v) is 7.96. The Morgan fingerprint density at radius 2 is 2.00 bits per heavy atom. The summed E-state index contributed by atoms with van der Waals surface area (Å²) in [4.78, 5) is 0. The van der Waals surface area contributed by atoms with Crippen LogP contribution in [0.4, 0.5) is 0 Å². The van der Waals surface area contributed by atoms with Gasteiger partial charge in [0.1, 0.15) is 11.5 Å². The molecule has 0 atom stereocenters. The average Bonchev–Trinajstić information content (AvgIpc) is 2.94. The van der Waals surface area contributed by atoms with E-state index in [0.717, 1.165) is 0 Å². The van der Waals surface area contributed by atoms with E-state index in [9.17, 15) is 8.42 Å². The molecule has 0 radical (unpaired) electrons. The number of hydrogen-bond acceptors (Lipinski definition) is 5. The maximum atomic E-state index is 12.0. The Bertz CT molecular complexity index is 656. The highest BCUT2D eigenvalue weighted by Crippen LogP contribution is 2.20.